The third-order valence-electron chi connectivity index (χ3n) is 3.12. The maximum absolute atomic E-state index is 10.7. The molecule has 1 saturated heterocycles. The highest BCUT2D eigenvalue weighted by Crippen LogP contribution is 2.13. The summed E-state index contributed by atoms with van der Waals surface area (Å²) in [4.78, 5) is 22.1. The van der Waals surface area contributed by atoms with Crippen LogP contribution in [0.1, 0.15) is 24.0 Å². The van der Waals surface area contributed by atoms with Crippen molar-refractivity contribution in [2.75, 3.05) is 18.8 Å². The number of rotatable bonds is 0. The number of carboxylic acids is 1. The summed E-state index contributed by atoms with van der Waals surface area (Å²) in [7, 11) is 0. The predicted molar refractivity (Wildman–Crippen MR) is 73.8 cm³/mol. The maximum Gasteiger partial charge on any atom is 0.394 e. The Morgan fingerprint density at radius 2 is 1.63 bits per heavy atom. The highest BCUT2D eigenvalue weighted by atomic mass is 16.4. The first-order valence-electron chi connectivity index (χ1n) is 6.27. The van der Waals surface area contributed by atoms with Gasteiger partial charge >= 0.3 is 11.9 Å². The van der Waals surface area contributed by atoms with Crippen molar-refractivity contribution in [3.8, 4) is 0 Å². The molecule has 0 aromatic heterocycles. The second-order valence-electron chi connectivity index (χ2n) is 4.61. The van der Waals surface area contributed by atoms with E-state index < -0.39 is 11.9 Å². The molecule has 2 rings (SSSR count). The van der Waals surface area contributed by atoms with Crippen LogP contribution in [0.5, 0.6) is 0 Å². The molecule has 1 aromatic carbocycles. The van der Waals surface area contributed by atoms with Crippen molar-refractivity contribution in [2.24, 2.45) is 0 Å². The van der Waals surface area contributed by atoms with Crippen LogP contribution < -0.4 is 5.73 Å². The van der Waals surface area contributed by atoms with Crippen molar-refractivity contribution >= 4 is 17.6 Å². The summed E-state index contributed by atoms with van der Waals surface area (Å²) in [5, 5.41) is 8.25. The Kier molecular flexibility index (Phi) is 5.36. The zero-order valence-corrected chi connectivity index (χ0v) is 11.3. The molecular formula is C14H20N2O3. The number of nitrogens with zero attached hydrogens (tertiary/aromatic N) is 1. The lowest BCUT2D eigenvalue weighted by Gasteiger charge is -2.10. The monoisotopic (exact) mass is 264 g/mol. The topological polar surface area (TPSA) is 83.6 Å². The van der Waals surface area contributed by atoms with E-state index in [1.54, 1.807) is 0 Å². The van der Waals surface area contributed by atoms with E-state index in [4.69, 9.17) is 10.8 Å². The summed E-state index contributed by atoms with van der Waals surface area (Å²) in [5.41, 5.74) is 8.92. The van der Waals surface area contributed by atoms with E-state index in [-0.39, 0.29) is 0 Å². The fourth-order valence-electron chi connectivity index (χ4n) is 1.88. The average Bonchev–Trinajstić information content (AvgIpc) is 2.89. The molecule has 0 radical (unpaired) electrons. The largest absolute Gasteiger partial charge is 0.474 e. The summed E-state index contributed by atoms with van der Waals surface area (Å²) in [5.74, 6) is -2.11. The predicted octanol–water partition coefficient (Wildman–Crippen LogP) is 1.58. The zero-order chi connectivity index (χ0) is 14.4. The van der Waals surface area contributed by atoms with Crippen LogP contribution in [0.15, 0.2) is 18.2 Å². The Morgan fingerprint density at radius 1 is 1.16 bits per heavy atom. The number of hydrogen-bond acceptors (Lipinski definition) is 3. The van der Waals surface area contributed by atoms with Gasteiger partial charge in [0.15, 0.2) is 0 Å². The number of nitrogens with two attached hydrogens (primary N) is 1. The Balaban J connectivity index is 0.000000191. The van der Waals surface area contributed by atoms with Crippen LogP contribution in [0.2, 0.25) is 0 Å². The SMILES string of the molecule is Cc1cccc(C)c1N.O=C(O)C(=O)N1CCCC1. The Hall–Kier alpha value is -2.04. The van der Waals surface area contributed by atoms with Crippen LogP contribution in [0.25, 0.3) is 0 Å². The molecule has 0 unspecified atom stereocenters. The van der Waals surface area contributed by atoms with Gasteiger partial charge in [-0.1, -0.05) is 18.2 Å². The number of likely N-dealkylation sites (tertiary alicyclic amines) is 1. The number of hydrogen-bond donors (Lipinski definition) is 2. The van der Waals surface area contributed by atoms with E-state index in [2.05, 4.69) is 0 Å². The van der Waals surface area contributed by atoms with Crippen molar-refractivity contribution in [1.82, 2.24) is 4.90 Å². The van der Waals surface area contributed by atoms with E-state index in [1.165, 1.54) is 4.90 Å². The average molecular weight is 264 g/mol. The number of aliphatic carboxylic acids is 1. The maximum atomic E-state index is 10.7. The van der Waals surface area contributed by atoms with Crippen molar-refractivity contribution in [1.29, 1.82) is 0 Å². The number of aryl methyl sites for hydroxylation is 2. The summed E-state index contributed by atoms with van der Waals surface area (Å²) in [6.45, 7) is 5.24. The second kappa shape index (κ2) is 6.78. The molecule has 1 heterocycles. The molecule has 1 aliphatic heterocycles. The zero-order valence-electron chi connectivity index (χ0n) is 11.3. The summed E-state index contributed by atoms with van der Waals surface area (Å²) >= 11 is 0. The minimum absolute atomic E-state index is 0.602. The number of benzene rings is 1. The second-order valence-corrected chi connectivity index (χ2v) is 4.61. The van der Waals surface area contributed by atoms with Crippen LogP contribution in [0, 0.1) is 13.8 Å². The van der Waals surface area contributed by atoms with Gasteiger partial charge in [0.2, 0.25) is 0 Å². The molecule has 1 fully saturated rings. The van der Waals surface area contributed by atoms with Gasteiger partial charge in [0.05, 0.1) is 0 Å². The molecule has 0 bridgehead atoms. The fourth-order valence-corrected chi connectivity index (χ4v) is 1.88. The molecule has 5 heteroatoms. The molecule has 1 amide bonds. The molecule has 0 saturated carbocycles. The number of carbonyl (C=O) groups excluding carboxylic acids is 1. The lowest BCUT2D eigenvalue weighted by Crippen LogP contribution is -2.33. The first kappa shape index (κ1) is 15.0. The van der Waals surface area contributed by atoms with Gasteiger partial charge in [0.1, 0.15) is 0 Å². The van der Waals surface area contributed by atoms with E-state index in [0.29, 0.717) is 13.1 Å². The molecule has 5 nitrogen and oxygen atoms in total. The standard InChI is InChI=1S/C8H11N.C6H9NO3/c1-6-4-3-5-7(2)8(6)9;8-5(6(9)10)7-3-1-2-4-7/h3-5H,9H2,1-2H3;1-4H2,(H,9,10). The minimum Gasteiger partial charge on any atom is -0.474 e. The normalized spacial score (nSPS) is 13.7. The molecule has 0 atom stereocenters. The van der Waals surface area contributed by atoms with E-state index in [9.17, 15) is 9.59 Å². The smallest absolute Gasteiger partial charge is 0.394 e. The first-order valence-corrected chi connectivity index (χ1v) is 6.27. The van der Waals surface area contributed by atoms with Crippen molar-refractivity contribution in [3.63, 3.8) is 0 Å². The third kappa shape index (κ3) is 4.28. The van der Waals surface area contributed by atoms with Crippen LogP contribution in [0.3, 0.4) is 0 Å². The molecule has 3 N–H and O–H groups in total. The van der Waals surface area contributed by atoms with Crippen molar-refractivity contribution < 1.29 is 14.7 Å². The van der Waals surface area contributed by atoms with Crippen LogP contribution in [0.4, 0.5) is 5.69 Å². The van der Waals surface area contributed by atoms with Gasteiger partial charge in [-0.25, -0.2) is 4.79 Å². The van der Waals surface area contributed by atoms with E-state index in [1.807, 2.05) is 32.0 Å². The number of para-hydroxylation sites is 1. The number of nitrogen functional groups attached to an aromatic ring is 1. The van der Waals surface area contributed by atoms with Crippen molar-refractivity contribution in [2.45, 2.75) is 26.7 Å². The van der Waals surface area contributed by atoms with Crippen LogP contribution >= 0.6 is 0 Å². The van der Waals surface area contributed by atoms with Gasteiger partial charge in [0, 0.05) is 18.8 Å². The summed E-state index contributed by atoms with van der Waals surface area (Å²) in [6, 6.07) is 6.05. The van der Waals surface area contributed by atoms with Gasteiger partial charge < -0.3 is 15.7 Å². The highest BCUT2D eigenvalue weighted by Gasteiger charge is 2.23. The van der Waals surface area contributed by atoms with Gasteiger partial charge in [-0.3, -0.25) is 4.79 Å². The van der Waals surface area contributed by atoms with E-state index >= 15 is 0 Å². The number of carboxylic acid groups (broad SMARTS) is 1. The molecule has 104 valence electrons. The Labute approximate surface area is 113 Å². The number of anilines is 1. The molecule has 1 aromatic rings. The van der Waals surface area contributed by atoms with Gasteiger partial charge in [0.25, 0.3) is 0 Å². The quantitative estimate of drug-likeness (QED) is 0.550. The van der Waals surface area contributed by atoms with Crippen LogP contribution in [-0.4, -0.2) is 35.0 Å². The number of carbonyl (C=O) groups is 2. The van der Waals surface area contributed by atoms with E-state index in [0.717, 1.165) is 29.7 Å². The van der Waals surface area contributed by atoms with Gasteiger partial charge in [-0.15, -0.1) is 0 Å². The molecule has 0 aliphatic carbocycles. The fraction of sp³-hybridized carbons (Fsp3) is 0.429. The Bertz CT molecular complexity index is 446. The molecule has 0 spiro atoms. The molecular weight excluding hydrogens is 244 g/mol. The number of amides is 1. The lowest BCUT2D eigenvalue weighted by molar-refractivity contribution is -0.155. The molecule has 19 heavy (non-hydrogen) atoms. The highest BCUT2D eigenvalue weighted by molar-refractivity contribution is 6.31. The lowest BCUT2D eigenvalue weighted by atomic mass is 10.1. The van der Waals surface area contributed by atoms with Gasteiger partial charge in [-0.2, -0.15) is 0 Å². The van der Waals surface area contributed by atoms with Crippen molar-refractivity contribution in [3.05, 3.63) is 29.3 Å². The summed E-state index contributed by atoms with van der Waals surface area (Å²) in [6.07, 6.45) is 1.86. The first-order chi connectivity index (χ1) is 8.93. The Morgan fingerprint density at radius 3 is 2.00 bits per heavy atom. The molecule has 1 aliphatic rings. The summed E-state index contributed by atoms with van der Waals surface area (Å²) < 4.78 is 0. The minimum atomic E-state index is -1.35. The van der Waals surface area contributed by atoms with Gasteiger partial charge in [-0.05, 0) is 37.8 Å². The third-order valence-corrected chi connectivity index (χ3v) is 3.12. The van der Waals surface area contributed by atoms with Crippen LogP contribution in [-0.2, 0) is 9.59 Å².